The van der Waals surface area contributed by atoms with E-state index in [2.05, 4.69) is 10.3 Å². The normalized spacial score (nSPS) is 21.6. The molecule has 2 aliphatic rings. The van der Waals surface area contributed by atoms with E-state index in [1.165, 1.54) is 6.26 Å². The van der Waals surface area contributed by atoms with E-state index in [1.807, 2.05) is 19.1 Å². The highest BCUT2D eigenvalue weighted by molar-refractivity contribution is 5.96. The van der Waals surface area contributed by atoms with E-state index >= 15 is 0 Å². The molecule has 3 amide bonds. The van der Waals surface area contributed by atoms with E-state index < -0.39 is 6.04 Å². The van der Waals surface area contributed by atoms with Gasteiger partial charge in [-0.25, -0.2) is 4.98 Å². The van der Waals surface area contributed by atoms with E-state index in [4.69, 9.17) is 4.42 Å². The molecular weight excluding hydrogens is 396 g/mol. The Balaban J connectivity index is 1.42. The average molecular weight is 425 g/mol. The molecule has 0 aromatic carbocycles. The molecule has 2 atom stereocenters. The molecule has 31 heavy (non-hydrogen) atoms. The number of amides is 3. The number of nitrogens with zero attached hydrogens (tertiary/aromatic N) is 3. The van der Waals surface area contributed by atoms with E-state index in [0.29, 0.717) is 31.9 Å². The molecule has 164 valence electrons. The number of piperidine rings is 2. The van der Waals surface area contributed by atoms with Crippen LogP contribution >= 0.6 is 0 Å². The molecule has 2 aliphatic heterocycles. The maximum absolute atomic E-state index is 13.4. The number of nitrogens with one attached hydrogen (secondary N) is 1. The van der Waals surface area contributed by atoms with Crippen molar-refractivity contribution in [3.05, 3.63) is 48.0 Å². The Morgan fingerprint density at radius 1 is 1.06 bits per heavy atom. The summed E-state index contributed by atoms with van der Waals surface area (Å²) < 4.78 is 5.26. The molecule has 2 unspecified atom stereocenters. The SMILES string of the molecule is Cc1cccc(NC(=O)C2CCCN(C(=O)C3CCCCN3C(=O)c3ccco3)C2)n1. The van der Waals surface area contributed by atoms with Gasteiger partial charge in [0.15, 0.2) is 5.76 Å². The molecule has 0 radical (unpaired) electrons. The highest BCUT2D eigenvalue weighted by Gasteiger charge is 2.38. The summed E-state index contributed by atoms with van der Waals surface area (Å²) >= 11 is 0. The van der Waals surface area contributed by atoms with Gasteiger partial charge in [-0.1, -0.05) is 6.07 Å². The Morgan fingerprint density at radius 2 is 1.94 bits per heavy atom. The van der Waals surface area contributed by atoms with Crippen molar-refractivity contribution in [3.63, 3.8) is 0 Å². The number of rotatable bonds is 4. The molecule has 4 rings (SSSR count). The van der Waals surface area contributed by atoms with Crippen molar-refractivity contribution < 1.29 is 18.8 Å². The Bertz CT molecular complexity index is 943. The zero-order valence-corrected chi connectivity index (χ0v) is 17.8. The van der Waals surface area contributed by atoms with Crippen molar-refractivity contribution in [2.75, 3.05) is 25.0 Å². The largest absolute Gasteiger partial charge is 0.459 e. The fourth-order valence-electron chi connectivity index (χ4n) is 4.42. The summed E-state index contributed by atoms with van der Waals surface area (Å²) in [4.78, 5) is 46.7. The standard InChI is InChI=1S/C23H28N4O4/c1-16-7-4-11-20(24-16)25-21(28)17-8-5-12-26(15-17)22(29)18-9-2-3-13-27(18)23(30)19-10-6-14-31-19/h4,6-7,10-11,14,17-18H,2-3,5,8-9,12-13,15H2,1H3,(H,24,25,28). The van der Waals surface area contributed by atoms with Gasteiger partial charge in [0.25, 0.3) is 5.91 Å². The van der Waals surface area contributed by atoms with E-state index in [0.717, 1.165) is 31.4 Å². The molecule has 0 saturated carbocycles. The number of likely N-dealkylation sites (tertiary alicyclic amines) is 2. The lowest BCUT2D eigenvalue weighted by atomic mass is 9.94. The molecule has 2 aromatic heterocycles. The average Bonchev–Trinajstić information content (AvgIpc) is 3.33. The second-order valence-electron chi connectivity index (χ2n) is 8.26. The number of hydrogen-bond donors (Lipinski definition) is 1. The van der Waals surface area contributed by atoms with Gasteiger partial charge < -0.3 is 19.5 Å². The number of pyridine rings is 1. The number of carbonyl (C=O) groups excluding carboxylic acids is 3. The van der Waals surface area contributed by atoms with Gasteiger partial charge in [-0.05, 0) is 63.3 Å². The minimum Gasteiger partial charge on any atom is -0.459 e. The molecule has 1 N–H and O–H groups in total. The van der Waals surface area contributed by atoms with Crippen LogP contribution in [0.2, 0.25) is 0 Å². The molecule has 0 aliphatic carbocycles. The summed E-state index contributed by atoms with van der Waals surface area (Å²) in [5.74, 6) is 0.0310. The van der Waals surface area contributed by atoms with Crippen molar-refractivity contribution in [1.82, 2.24) is 14.8 Å². The summed E-state index contributed by atoms with van der Waals surface area (Å²) in [7, 11) is 0. The minimum absolute atomic E-state index is 0.0780. The number of furan rings is 1. The summed E-state index contributed by atoms with van der Waals surface area (Å²) in [6, 6.07) is 8.27. The van der Waals surface area contributed by atoms with Gasteiger partial charge in [0.1, 0.15) is 11.9 Å². The molecule has 2 aromatic rings. The van der Waals surface area contributed by atoms with Crippen LogP contribution in [-0.2, 0) is 9.59 Å². The lowest BCUT2D eigenvalue weighted by molar-refractivity contribution is -0.140. The first-order chi connectivity index (χ1) is 15.0. The number of aromatic nitrogens is 1. The third kappa shape index (κ3) is 4.78. The Morgan fingerprint density at radius 3 is 2.71 bits per heavy atom. The van der Waals surface area contributed by atoms with Crippen molar-refractivity contribution in [2.45, 2.75) is 45.1 Å². The second-order valence-corrected chi connectivity index (χ2v) is 8.26. The van der Waals surface area contributed by atoms with Gasteiger partial charge in [-0.2, -0.15) is 0 Å². The molecule has 2 fully saturated rings. The second kappa shape index (κ2) is 9.32. The van der Waals surface area contributed by atoms with Crippen molar-refractivity contribution in [2.24, 2.45) is 5.92 Å². The molecular formula is C23H28N4O4. The highest BCUT2D eigenvalue weighted by Crippen LogP contribution is 2.25. The third-order valence-electron chi connectivity index (χ3n) is 6.02. The highest BCUT2D eigenvalue weighted by atomic mass is 16.3. The van der Waals surface area contributed by atoms with Crippen LogP contribution < -0.4 is 5.32 Å². The smallest absolute Gasteiger partial charge is 0.290 e. The van der Waals surface area contributed by atoms with Crippen LogP contribution in [-0.4, -0.2) is 58.2 Å². The van der Waals surface area contributed by atoms with E-state index in [-0.39, 0.29) is 29.4 Å². The van der Waals surface area contributed by atoms with Gasteiger partial charge in [0.2, 0.25) is 11.8 Å². The number of anilines is 1. The molecule has 2 saturated heterocycles. The Hall–Kier alpha value is -3.16. The Kier molecular flexibility index (Phi) is 6.34. The van der Waals surface area contributed by atoms with Crippen LogP contribution in [0.5, 0.6) is 0 Å². The first-order valence-corrected chi connectivity index (χ1v) is 10.9. The van der Waals surface area contributed by atoms with Gasteiger partial charge in [0.05, 0.1) is 12.2 Å². The minimum atomic E-state index is -0.508. The number of aryl methyl sites for hydroxylation is 1. The number of carbonyl (C=O) groups is 3. The lowest BCUT2D eigenvalue weighted by Gasteiger charge is -2.39. The molecule has 8 heteroatoms. The van der Waals surface area contributed by atoms with Gasteiger partial charge in [-0.15, -0.1) is 0 Å². The quantitative estimate of drug-likeness (QED) is 0.814. The molecule has 0 bridgehead atoms. The van der Waals surface area contributed by atoms with Crippen LogP contribution in [0.3, 0.4) is 0 Å². The maximum Gasteiger partial charge on any atom is 0.290 e. The van der Waals surface area contributed by atoms with Crippen LogP contribution in [0.1, 0.15) is 48.4 Å². The zero-order valence-electron chi connectivity index (χ0n) is 17.8. The Labute approximate surface area is 181 Å². The topological polar surface area (TPSA) is 95.8 Å². The molecule has 8 nitrogen and oxygen atoms in total. The number of hydrogen-bond acceptors (Lipinski definition) is 5. The summed E-state index contributed by atoms with van der Waals surface area (Å²) in [5.41, 5.74) is 0.830. The van der Waals surface area contributed by atoms with Crippen molar-refractivity contribution in [1.29, 1.82) is 0 Å². The predicted molar refractivity (Wildman–Crippen MR) is 114 cm³/mol. The summed E-state index contributed by atoms with van der Waals surface area (Å²) in [5, 5.41) is 2.87. The van der Waals surface area contributed by atoms with E-state index in [9.17, 15) is 14.4 Å². The summed E-state index contributed by atoms with van der Waals surface area (Å²) in [6.45, 7) is 3.36. The van der Waals surface area contributed by atoms with Crippen LogP contribution in [0.25, 0.3) is 0 Å². The van der Waals surface area contributed by atoms with Crippen molar-refractivity contribution in [3.8, 4) is 0 Å². The van der Waals surface area contributed by atoms with Crippen LogP contribution in [0.4, 0.5) is 5.82 Å². The van der Waals surface area contributed by atoms with Crippen LogP contribution in [0, 0.1) is 12.8 Å². The van der Waals surface area contributed by atoms with Crippen molar-refractivity contribution >= 4 is 23.5 Å². The summed E-state index contributed by atoms with van der Waals surface area (Å²) in [6.07, 6.45) is 5.34. The molecule has 0 spiro atoms. The third-order valence-corrected chi connectivity index (χ3v) is 6.02. The lowest BCUT2D eigenvalue weighted by Crippen LogP contribution is -2.55. The first-order valence-electron chi connectivity index (χ1n) is 10.9. The van der Waals surface area contributed by atoms with Crippen LogP contribution in [0.15, 0.2) is 41.0 Å². The predicted octanol–water partition coefficient (Wildman–Crippen LogP) is 2.86. The zero-order chi connectivity index (χ0) is 21.8. The van der Waals surface area contributed by atoms with E-state index in [1.54, 1.807) is 28.0 Å². The van der Waals surface area contributed by atoms with Gasteiger partial charge in [0, 0.05) is 25.3 Å². The fourth-order valence-corrected chi connectivity index (χ4v) is 4.42. The molecule has 4 heterocycles. The maximum atomic E-state index is 13.4. The fraction of sp³-hybridized carbons (Fsp3) is 0.478. The van der Waals surface area contributed by atoms with Gasteiger partial charge in [-0.3, -0.25) is 14.4 Å². The monoisotopic (exact) mass is 424 g/mol. The van der Waals surface area contributed by atoms with Gasteiger partial charge >= 0.3 is 0 Å². The first kappa shape index (κ1) is 21.1.